The van der Waals surface area contributed by atoms with Crippen LogP contribution in [0.1, 0.15) is 72.4 Å². The monoisotopic (exact) mass is 352 g/mol. The molecule has 0 bridgehead atoms. The highest BCUT2D eigenvalue weighted by Gasteiger charge is 2.46. The SMILES string of the molecule is Cc1ccc([C@H]2C[C@H]3CC(C)(C)Cc4n[nH]c(=O)c(c43)[C@@H]2C(=O)O)cc1. The van der Waals surface area contributed by atoms with Crippen LogP contribution in [-0.2, 0) is 11.2 Å². The lowest BCUT2D eigenvalue weighted by atomic mass is 9.60. The summed E-state index contributed by atoms with van der Waals surface area (Å²) in [4.78, 5) is 24.8. The topological polar surface area (TPSA) is 83.0 Å². The van der Waals surface area contributed by atoms with Crippen molar-refractivity contribution in [3.05, 3.63) is 62.6 Å². The molecule has 0 spiro atoms. The Balaban J connectivity index is 1.93. The molecule has 0 radical (unpaired) electrons. The van der Waals surface area contributed by atoms with E-state index >= 15 is 0 Å². The molecule has 2 N–H and O–H groups in total. The van der Waals surface area contributed by atoms with E-state index in [0.717, 1.165) is 41.6 Å². The smallest absolute Gasteiger partial charge is 0.311 e. The largest absolute Gasteiger partial charge is 0.481 e. The molecular formula is C21H24N2O3. The van der Waals surface area contributed by atoms with E-state index < -0.39 is 11.9 Å². The third-order valence-electron chi connectivity index (χ3n) is 6.01. The number of aryl methyl sites for hydroxylation is 1. The second kappa shape index (κ2) is 5.79. The number of rotatable bonds is 2. The first-order chi connectivity index (χ1) is 12.3. The van der Waals surface area contributed by atoms with Crippen molar-refractivity contribution < 1.29 is 9.90 Å². The number of benzene rings is 1. The standard InChI is InChI=1S/C21H24N2O3/c1-11-4-6-12(7-5-11)14-8-13-9-21(2,3)10-15-16(13)18(17(14)20(25)26)19(24)23-22-15/h4-7,13-14,17H,8-10H2,1-3H3,(H,23,24)(H,25,26)/t13-,14+,17+/m0/s1. The van der Waals surface area contributed by atoms with Crippen LogP contribution in [0.2, 0.25) is 0 Å². The Labute approximate surface area is 152 Å². The van der Waals surface area contributed by atoms with Crippen molar-refractivity contribution in [3.63, 3.8) is 0 Å². The van der Waals surface area contributed by atoms with E-state index in [1.54, 1.807) is 0 Å². The van der Waals surface area contributed by atoms with E-state index in [0.29, 0.717) is 5.56 Å². The number of aromatic nitrogens is 2. The maximum absolute atomic E-state index is 12.6. The molecule has 2 aliphatic carbocycles. The van der Waals surface area contributed by atoms with Crippen LogP contribution in [0.4, 0.5) is 0 Å². The van der Waals surface area contributed by atoms with Gasteiger partial charge in [-0.1, -0.05) is 43.7 Å². The van der Waals surface area contributed by atoms with Crippen molar-refractivity contribution in [2.45, 2.75) is 57.8 Å². The molecule has 4 rings (SSSR count). The summed E-state index contributed by atoms with van der Waals surface area (Å²) in [6.07, 6.45) is 2.46. The molecule has 0 saturated heterocycles. The molecule has 0 fully saturated rings. The summed E-state index contributed by atoms with van der Waals surface area (Å²) in [7, 11) is 0. The Morgan fingerprint density at radius 3 is 2.58 bits per heavy atom. The Bertz CT molecular complexity index is 927. The third kappa shape index (κ3) is 2.66. The Morgan fingerprint density at radius 1 is 1.23 bits per heavy atom. The predicted octanol–water partition coefficient (Wildman–Crippen LogP) is 3.49. The predicted molar refractivity (Wildman–Crippen MR) is 98.6 cm³/mol. The van der Waals surface area contributed by atoms with Crippen LogP contribution in [0, 0.1) is 12.3 Å². The minimum absolute atomic E-state index is 0.0913. The summed E-state index contributed by atoms with van der Waals surface area (Å²) in [5.41, 5.74) is 4.08. The zero-order valence-electron chi connectivity index (χ0n) is 15.4. The molecule has 1 aromatic heterocycles. The number of hydrogen-bond acceptors (Lipinski definition) is 3. The number of nitrogens with one attached hydrogen (secondary N) is 1. The molecule has 136 valence electrons. The number of H-pyrrole nitrogens is 1. The average molecular weight is 352 g/mol. The minimum Gasteiger partial charge on any atom is -0.481 e. The third-order valence-corrected chi connectivity index (χ3v) is 6.01. The molecule has 1 aromatic carbocycles. The quantitative estimate of drug-likeness (QED) is 0.867. The van der Waals surface area contributed by atoms with Gasteiger partial charge in [0.05, 0.1) is 11.6 Å². The zero-order valence-corrected chi connectivity index (χ0v) is 15.4. The van der Waals surface area contributed by atoms with Crippen LogP contribution in [0.3, 0.4) is 0 Å². The summed E-state index contributed by atoms with van der Waals surface area (Å²) >= 11 is 0. The number of carboxylic acids is 1. The second-order valence-electron chi connectivity index (χ2n) is 8.64. The average Bonchev–Trinajstić information content (AvgIpc) is 2.56. The van der Waals surface area contributed by atoms with Crippen molar-refractivity contribution in [2.24, 2.45) is 5.41 Å². The molecule has 2 aromatic rings. The number of hydrogen-bond donors (Lipinski definition) is 2. The van der Waals surface area contributed by atoms with Crippen molar-refractivity contribution >= 4 is 5.97 Å². The van der Waals surface area contributed by atoms with E-state index in [-0.39, 0.29) is 22.8 Å². The van der Waals surface area contributed by atoms with Crippen LogP contribution < -0.4 is 5.56 Å². The van der Waals surface area contributed by atoms with Gasteiger partial charge in [0, 0.05) is 11.5 Å². The summed E-state index contributed by atoms with van der Waals surface area (Å²) in [6, 6.07) is 8.03. The lowest BCUT2D eigenvalue weighted by molar-refractivity contribution is -0.139. The molecular weight excluding hydrogens is 328 g/mol. The van der Waals surface area contributed by atoms with E-state index in [1.807, 2.05) is 31.2 Å². The van der Waals surface area contributed by atoms with Crippen molar-refractivity contribution in [2.75, 3.05) is 0 Å². The number of aromatic amines is 1. The minimum atomic E-state index is -0.933. The van der Waals surface area contributed by atoms with Gasteiger partial charge in [0.1, 0.15) is 0 Å². The summed E-state index contributed by atoms with van der Waals surface area (Å²) in [5, 5.41) is 16.8. The maximum Gasteiger partial charge on any atom is 0.311 e. The number of carboxylic acid groups (broad SMARTS) is 1. The van der Waals surface area contributed by atoms with Gasteiger partial charge in [-0.3, -0.25) is 9.59 Å². The Hall–Kier alpha value is -2.43. The van der Waals surface area contributed by atoms with Crippen molar-refractivity contribution in [3.8, 4) is 0 Å². The van der Waals surface area contributed by atoms with E-state index in [4.69, 9.17) is 0 Å². The van der Waals surface area contributed by atoms with Gasteiger partial charge in [0.25, 0.3) is 5.56 Å². The summed E-state index contributed by atoms with van der Waals surface area (Å²) in [6.45, 7) is 6.44. The fourth-order valence-electron chi connectivity index (χ4n) is 4.99. The van der Waals surface area contributed by atoms with Crippen molar-refractivity contribution in [1.82, 2.24) is 10.2 Å². The van der Waals surface area contributed by atoms with Crippen LogP contribution in [0.5, 0.6) is 0 Å². The van der Waals surface area contributed by atoms with E-state index in [1.165, 1.54) is 0 Å². The van der Waals surface area contributed by atoms with Gasteiger partial charge < -0.3 is 5.11 Å². The molecule has 0 saturated carbocycles. The lowest BCUT2D eigenvalue weighted by Gasteiger charge is -2.43. The second-order valence-corrected chi connectivity index (χ2v) is 8.64. The van der Waals surface area contributed by atoms with Gasteiger partial charge in [0.15, 0.2) is 0 Å². The number of nitrogens with zero attached hydrogens (tertiary/aromatic N) is 1. The first-order valence-electron chi connectivity index (χ1n) is 9.17. The van der Waals surface area contributed by atoms with Crippen LogP contribution in [-0.4, -0.2) is 21.3 Å². The van der Waals surface area contributed by atoms with Gasteiger partial charge in [-0.15, -0.1) is 0 Å². The first kappa shape index (κ1) is 17.0. The maximum atomic E-state index is 12.6. The highest BCUT2D eigenvalue weighted by atomic mass is 16.4. The summed E-state index contributed by atoms with van der Waals surface area (Å²) < 4.78 is 0. The molecule has 2 aliphatic rings. The molecule has 0 aliphatic heterocycles. The highest BCUT2D eigenvalue weighted by Crippen LogP contribution is 2.53. The molecule has 3 atom stereocenters. The molecule has 0 amide bonds. The van der Waals surface area contributed by atoms with Gasteiger partial charge in [-0.2, -0.15) is 5.10 Å². The fourth-order valence-corrected chi connectivity index (χ4v) is 4.99. The van der Waals surface area contributed by atoms with Crippen LogP contribution in [0.15, 0.2) is 29.1 Å². The summed E-state index contributed by atoms with van der Waals surface area (Å²) in [5.74, 6) is -1.77. The number of aliphatic carboxylic acids is 1. The van der Waals surface area contributed by atoms with Gasteiger partial charge >= 0.3 is 5.97 Å². The Morgan fingerprint density at radius 2 is 1.92 bits per heavy atom. The van der Waals surface area contributed by atoms with Crippen molar-refractivity contribution in [1.29, 1.82) is 0 Å². The highest BCUT2D eigenvalue weighted by molar-refractivity contribution is 5.79. The van der Waals surface area contributed by atoms with Gasteiger partial charge in [-0.05, 0) is 48.6 Å². The fraction of sp³-hybridized carbons (Fsp3) is 0.476. The molecule has 5 nitrogen and oxygen atoms in total. The van der Waals surface area contributed by atoms with Gasteiger partial charge in [-0.25, -0.2) is 5.10 Å². The first-order valence-corrected chi connectivity index (χ1v) is 9.17. The van der Waals surface area contributed by atoms with Crippen LogP contribution >= 0.6 is 0 Å². The molecule has 5 heteroatoms. The zero-order chi connectivity index (χ0) is 18.6. The number of carbonyl (C=O) groups is 1. The lowest BCUT2D eigenvalue weighted by Crippen LogP contribution is -2.40. The molecule has 0 unspecified atom stereocenters. The normalized spacial score (nSPS) is 26.2. The van der Waals surface area contributed by atoms with Gasteiger partial charge in [0.2, 0.25) is 0 Å². The van der Waals surface area contributed by atoms with Crippen LogP contribution in [0.25, 0.3) is 0 Å². The Kier molecular flexibility index (Phi) is 3.79. The molecule has 26 heavy (non-hydrogen) atoms. The molecule has 1 heterocycles. The van der Waals surface area contributed by atoms with E-state index in [9.17, 15) is 14.7 Å². The van der Waals surface area contributed by atoms with E-state index in [2.05, 4.69) is 24.0 Å².